The minimum atomic E-state index is -0.623. The van der Waals surface area contributed by atoms with Gasteiger partial charge in [0.1, 0.15) is 17.9 Å². The quantitative estimate of drug-likeness (QED) is 0.180. The lowest BCUT2D eigenvalue weighted by Gasteiger charge is -2.34. The molecule has 0 bridgehead atoms. The number of ketones is 1. The number of aromatic amines is 1. The maximum absolute atomic E-state index is 13.5. The molecule has 0 saturated carbocycles. The molecule has 5 heterocycles. The molecule has 0 spiro atoms. The summed E-state index contributed by atoms with van der Waals surface area (Å²) in [5, 5.41) is 10.1. The molecule has 204 valence electrons. The van der Waals surface area contributed by atoms with Crippen LogP contribution in [0.4, 0.5) is 5.95 Å². The number of carbonyl (C=O) groups excluding carboxylic acids is 2. The molecule has 1 saturated heterocycles. The molecular weight excluding hydrogens is 532 g/mol. The standard InChI is InChI=1S/C26H26N10O3S/c1-16-29-15-35(31-16)23-21-20(19(39-2)14-28-23)18(13-27-21)22(37)24(38)33-9-11-34(12-10-33)26-30-25(40-3)32-36(26)17-7-5-4-6-8-17/h4-8,13-15,27H,9-12H2,1-3H3. The number of piperazine rings is 1. The number of ether oxygens (including phenoxy) is 1. The number of H-pyrrole nitrogens is 1. The van der Waals surface area contributed by atoms with Gasteiger partial charge in [0, 0.05) is 32.4 Å². The van der Waals surface area contributed by atoms with Gasteiger partial charge in [0.2, 0.25) is 11.1 Å². The fourth-order valence-electron chi connectivity index (χ4n) is 4.75. The van der Waals surface area contributed by atoms with Gasteiger partial charge in [-0.25, -0.2) is 14.6 Å². The number of thioether (sulfide) groups is 1. The van der Waals surface area contributed by atoms with Gasteiger partial charge in [-0.3, -0.25) is 9.59 Å². The van der Waals surface area contributed by atoms with Crippen molar-refractivity contribution in [2.45, 2.75) is 12.1 Å². The van der Waals surface area contributed by atoms with Crippen LogP contribution in [0.25, 0.3) is 22.4 Å². The zero-order valence-corrected chi connectivity index (χ0v) is 22.9. The summed E-state index contributed by atoms with van der Waals surface area (Å²) in [7, 11) is 1.49. The second kappa shape index (κ2) is 10.4. The number of hydrogen-bond donors (Lipinski definition) is 1. The van der Waals surface area contributed by atoms with E-state index < -0.39 is 11.7 Å². The van der Waals surface area contributed by atoms with Crippen LogP contribution in [0.1, 0.15) is 16.2 Å². The number of methoxy groups -OCH3 is 1. The fourth-order valence-corrected chi connectivity index (χ4v) is 5.08. The van der Waals surface area contributed by atoms with Gasteiger partial charge >= 0.3 is 0 Å². The maximum atomic E-state index is 13.5. The molecule has 0 unspecified atom stereocenters. The monoisotopic (exact) mass is 558 g/mol. The highest BCUT2D eigenvalue weighted by atomic mass is 32.2. The maximum Gasteiger partial charge on any atom is 0.295 e. The number of para-hydroxylation sites is 1. The van der Waals surface area contributed by atoms with Gasteiger partial charge < -0.3 is 19.5 Å². The number of hydrogen-bond acceptors (Lipinski definition) is 10. The summed E-state index contributed by atoms with van der Waals surface area (Å²) in [4.78, 5) is 46.9. The molecule has 1 amide bonds. The van der Waals surface area contributed by atoms with Crippen molar-refractivity contribution in [2.24, 2.45) is 0 Å². The van der Waals surface area contributed by atoms with Crippen molar-refractivity contribution in [3.63, 3.8) is 0 Å². The van der Waals surface area contributed by atoms with Crippen LogP contribution in [0.3, 0.4) is 0 Å². The average molecular weight is 559 g/mol. The number of nitrogens with one attached hydrogen (secondary N) is 1. The van der Waals surface area contributed by atoms with E-state index >= 15 is 0 Å². The van der Waals surface area contributed by atoms with Crippen LogP contribution < -0.4 is 9.64 Å². The Labute approximate surface area is 233 Å². The van der Waals surface area contributed by atoms with Gasteiger partial charge in [-0.15, -0.1) is 5.10 Å². The summed E-state index contributed by atoms with van der Waals surface area (Å²) in [6.07, 6.45) is 6.50. The Morgan fingerprint density at radius 1 is 1.05 bits per heavy atom. The molecule has 1 aromatic carbocycles. The summed E-state index contributed by atoms with van der Waals surface area (Å²) in [5.74, 6) is 0.911. The number of rotatable bonds is 7. The molecule has 1 aliphatic heterocycles. The smallest absolute Gasteiger partial charge is 0.295 e. The average Bonchev–Trinajstić information content (AvgIpc) is 3.75. The highest BCUT2D eigenvalue weighted by Gasteiger charge is 2.31. The van der Waals surface area contributed by atoms with E-state index in [1.54, 1.807) is 11.8 Å². The van der Waals surface area contributed by atoms with E-state index in [9.17, 15) is 9.59 Å². The Hall–Kier alpha value is -4.72. The Balaban J connectivity index is 1.23. The summed E-state index contributed by atoms with van der Waals surface area (Å²) in [6.45, 7) is 3.52. The van der Waals surface area contributed by atoms with Crippen LogP contribution >= 0.6 is 11.8 Å². The molecular formula is C26H26N10O3S. The van der Waals surface area contributed by atoms with Crippen molar-refractivity contribution in [3.8, 4) is 17.3 Å². The van der Waals surface area contributed by atoms with Crippen molar-refractivity contribution in [1.29, 1.82) is 0 Å². The number of aryl methyl sites for hydroxylation is 1. The van der Waals surface area contributed by atoms with Gasteiger partial charge in [0.25, 0.3) is 11.7 Å². The zero-order chi connectivity index (χ0) is 27.8. The van der Waals surface area contributed by atoms with E-state index in [1.807, 2.05) is 41.3 Å². The van der Waals surface area contributed by atoms with Crippen molar-refractivity contribution in [2.75, 3.05) is 44.4 Å². The number of carbonyl (C=O) groups is 2. The van der Waals surface area contributed by atoms with Gasteiger partial charge in [0.15, 0.2) is 5.82 Å². The van der Waals surface area contributed by atoms with Gasteiger partial charge in [-0.2, -0.15) is 14.8 Å². The van der Waals surface area contributed by atoms with Crippen LogP contribution in [0.15, 0.2) is 54.2 Å². The Kier molecular flexibility index (Phi) is 6.67. The topological polar surface area (TPSA) is 140 Å². The van der Waals surface area contributed by atoms with E-state index in [-0.39, 0.29) is 5.56 Å². The predicted molar refractivity (Wildman–Crippen MR) is 149 cm³/mol. The van der Waals surface area contributed by atoms with Crippen molar-refractivity contribution in [1.82, 2.24) is 44.4 Å². The fraction of sp³-hybridized carbons (Fsp3) is 0.269. The Bertz CT molecular complexity index is 1700. The lowest BCUT2D eigenvalue weighted by Crippen LogP contribution is -2.51. The van der Waals surface area contributed by atoms with Crippen molar-refractivity contribution < 1.29 is 14.3 Å². The minimum Gasteiger partial charge on any atom is -0.494 e. The predicted octanol–water partition coefficient (Wildman–Crippen LogP) is 2.29. The summed E-state index contributed by atoms with van der Waals surface area (Å²) >= 11 is 1.47. The highest BCUT2D eigenvalue weighted by Crippen LogP contribution is 2.32. The molecule has 40 heavy (non-hydrogen) atoms. The van der Waals surface area contributed by atoms with Gasteiger partial charge in [0.05, 0.1) is 35.5 Å². The van der Waals surface area contributed by atoms with E-state index in [0.717, 1.165) is 5.69 Å². The molecule has 4 aromatic heterocycles. The number of pyridine rings is 1. The van der Waals surface area contributed by atoms with E-state index in [0.29, 0.717) is 65.6 Å². The molecule has 1 N–H and O–H groups in total. The second-order valence-electron chi connectivity index (χ2n) is 9.09. The third-order valence-corrected chi connectivity index (χ3v) is 7.28. The Morgan fingerprint density at radius 2 is 1.82 bits per heavy atom. The van der Waals surface area contributed by atoms with Crippen LogP contribution in [-0.2, 0) is 4.79 Å². The van der Waals surface area contributed by atoms with Gasteiger partial charge in [-0.05, 0) is 25.3 Å². The number of anilines is 1. The number of Topliss-reactive ketones (excluding diaryl/α,β-unsaturated/α-hetero) is 1. The van der Waals surface area contributed by atoms with Crippen LogP contribution in [0.5, 0.6) is 5.75 Å². The van der Waals surface area contributed by atoms with Crippen LogP contribution in [0.2, 0.25) is 0 Å². The van der Waals surface area contributed by atoms with Gasteiger partial charge in [-0.1, -0.05) is 30.0 Å². The molecule has 5 aromatic rings. The lowest BCUT2D eigenvalue weighted by atomic mass is 10.1. The van der Waals surface area contributed by atoms with Crippen molar-refractivity contribution in [3.05, 3.63) is 60.4 Å². The van der Waals surface area contributed by atoms with E-state index in [2.05, 4.69) is 30.0 Å². The number of nitrogens with zero attached hydrogens (tertiary/aromatic N) is 9. The first kappa shape index (κ1) is 25.6. The largest absolute Gasteiger partial charge is 0.494 e. The normalized spacial score (nSPS) is 13.7. The third-order valence-electron chi connectivity index (χ3n) is 6.74. The molecule has 0 aliphatic carbocycles. The molecule has 0 atom stereocenters. The zero-order valence-electron chi connectivity index (χ0n) is 22.1. The van der Waals surface area contributed by atoms with E-state index in [1.165, 1.54) is 42.3 Å². The van der Waals surface area contributed by atoms with Crippen LogP contribution in [0, 0.1) is 6.92 Å². The summed E-state index contributed by atoms with van der Waals surface area (Å²) in [6, 6.07) is 9.80. The molecule has 6 rings (SSSR count). The molecule has 1 fully saturated rings. The number of amides is 1. The number of aromatic nitrogens is 8. The first-order valence-electron chi connectivity index (χ1n) is 12.6. The minimum absolute atomic E-state index is 0.216. The lowest BCUT2D eigenvalue weighted by molar-refractivity contribution is -0.126. The van der Waals surface area contributed by atoms with Crippen molar-refractivity contribution >= 4 is 40.3 Å². The third kappa shape index (κ3) is 4.45. The number of benzene rings is 1. The highest BCUT2D eigenvalue weighted by molar-refractivity contribution is 7.98. The first-order valence-corrected chi connectivity index (χ1v) is 13.8. The number of fused-ring (bicyclic) bond motifs is 1. The summed E-state index contributed by atoms with van der Waals surface area (Å²) < 4.78 is 8.82. The van der Waals surface area contributed by atoms with Crippen LogP contribution in [-0.4, -0.2) is 95.6 Å². The SMILES string of the molecule is COc1cnc(-n2cnc(C)n2)c2[nH]cc(C(=O)C(=O)N3CCN(c4nc(SC)nn4-c4ccccc4)CC3)c12. The van der Waals surface area contributed by atoms with E-state index in [4.69, 9.17) is 9.72 Å². The second-order valence-corrected chi connectivity index (χ2v) is 9.87. The summed E-state index contributed by atoms with van der Waals surface area (Å²) in [5.41, 5.74) is 1.64. The Morgan fingerprint density at radius 3 is 2.50 bits per heavy atom. The molecule has 14 heteroatoms. The molecule has 13 nitrogen and oxygen atoms in total. The molecule has 0 radical (unpaired) electrons. The molecule has 1 aliphatic rings. The first-order chi connectivity index (χ1) is 19.5.